The van der Waals surface area contributed by atoms with Crippen molar-refractivity contribution in [2.24, 2.45) is 0 Å². The Kier molecular flexibility index (Phi) is 5.41. The van der Waals surface area contributed by atoms with E-state index in [-0.39, 0.29) is 11.9 Å². The zero-order valence-corrected chi connectivity index (χ0v) is 15.0. The Labute approximate surface area is 147 Å². The van der Waals surface area contributed by atoms with Gasteiger partial charge >= 0.3 is 0 Å². The summed E-state index contributed by atoms with van der Waals surface area (Å²) in [5.41, 5.74) is 2.14. The second kappa shape index (κ2) is 7.53. The SMILES string of the molecule is CCCOC1CCC(NC(=O)c2ccn3c(C)cc(Cl)nc23)CC1. The van der Waals surface area contributed by atoms with Gasteiger partial charge in [0, 0.05) is 24.5 Å². The third-order valence-corrected chi connectivity index (χ3v) is 4.79. The molecule has 0 radical (unpaired) electrons. The van der Waals surface area contributed by atoms with E-state index in [1.165, 1.54) is 0 Å². The van der Waals surface area contributed by atoms with Crippen LogP contribution in [-0.2, 0) is 4.74 Å². The van der Waals surface area contributed by atoms with Crippen LogP contribution >= 0.6 is 11.6 Å². The highest BCUT2D eigenvalue weighted by Crippen LogP contribution is 2.22. The topological polar surface area (TPSA) is 55.6 Å². The molecule has 1 saturated carbocycles. The molecule has 1 aliphatic rings. The molecule has 130 valence electrons. The number of amides is 1. The molecule has 0 unspecified atom stereocenters. The zero-order chi connectivity index (χ0) is 17.1. The van der Waals surface area contributed by atoms with E-state index >= 15 is 0 Å². The summed E-state index contributed by atoms with van der Waals surface area (Å²) < 4.78 is 7.69. The number of hydrogen-bond acceptors (Lipinski definition) is 3. The second-order valence-electron chi connectivity index (χ2n) is 6.46. The maximum absolute atomic E-state index is 12.6. The van der Waals surface area contributed by atoms with Gasteiger partial charge in [-0.05, 0) is 51.2 Å². The Morgan fingerprint density at radius 3 is 2.88 bits per heavy atom. The monoisotopic (exact) mass is 349 g/mol. The summed E-state index contributed by atoms with van der Waals surface area (Å²) in [6.45, 7) is 4.89. The minimum atomic E-state index is -0.0791. The molecule has 0 aliphatic heterocycles. The van der Waals surface area contributed by atoms with Crippen LogP contribution in [0, 0.1) is 6.92 Å². The van der Waals surface area contributed by atoms with Gasteiger partial charge in [0.25, 0.3) is 5.91 Å². The highest BCUT2D eigenvalue weighted by molar-refractivity contribution is 6.29. The first kappa shape index (κ1) is 17.2. The van der Waals surface area contributed by atoms with Crippen molar-refractivity contribution < 1.29 is 9.53 Å². The first-order valence-electron chi connectivity index (χ1n) is 8.65. The zero-order valence-electron chi connectivity index (χ0n) is 14.2. The largest absolute Gasteiger partial charge is 0.378 e. The summed E-state index contributed by atoms with van der Waals surface area (Å²) in [6, 6.07) is 3.79. The molecule has 1 fully saturated rings. The van der Waals surface area contributed by atoms with Gasteiger partial charge < -0.3 is 14.5 Å². The van der Waals surface area contributed by atoms with Crippen LogP contribution in [0.1, 0.15) is 55.1 Å². The van der Waals surface area contributed by atoms with Crippen molar-refractivity contribution in [3.05, 3.63) is 34.7 Å². The van der Waals surface area contributed by atoms with Gasteiger partial charge in [-0.3, -0.25) is 4.79 Å². The van der Waals surface area contributed by atoms with Gasteiger partial charge in [-0.15, -0.1) is 0 Å². The van der Waals surface area contributed by atoms with E-state index in [1.807, 2.05) is 17.5 Å². The summed E-state index contributed by atoms with van der Waals surface area (Å²) in [5, 5.41) is 3.54. The predicted molar refractivity (Wildman–Crippen MR) is 94.7 cm³/mol. The number of aryl methyl sites for hydroxylation is 1. The number of carbonyl (C=O) groups excluding carboxylic acids is 1. The fourth-order valence-electron chi connectivity index (χ4n) is 3.30. The molecule has 1 amide bonds. The van der Waals surface area contributed by atoms with E-state index in [0.717, 1.165) is 44.4 Å². The lowest BCUT2D eigenvalue weighted by Crippen LogP contribution is -2.39. The van der Waals surface area contributed by atoms with E-state index < -0.39 is 0 Å². The molecule has 6 heteroatoms. The normalized spacial score (nSPS) is 21.1. The van der Waals surface area contributed by atoms with Crippen LogP contribution in [0.5, 0.6) is 0 Å². The van der Waals surface area contributed by atoms with Crippen LogP contribution in [-0.4, -0.2) is 34.0 Å². The molecule has 2 aromatic heterocycles. The first-order valence-corrected chi connectivity index (χ1v) is 9.03. The maximum atomic E-state index is 12.6. The minimum Gasteiger partial charge on any atom is -0.378 e. The molecule has 0 spiro atoms. The van der Waals surface area contributed by atoms with Crippen LogP contribution in [0.2, 0.25) is 5.15 Å². The van der Waals surface area contributed by atoms with Gasteiger partial charge in [0.2, 0.25) is 0 Å². The smallest absolute Gasteiger partial charge is 0.255 e. The average Bonchev–Trinajstić information content (AvgIpc) is 2.98. The molecule has 0 aromatic carbocycles. The van der Waals surface area contributed by atoms with Gasteiger partial charge in [-0.25, -0.2) is 4.98 Å². The second-order valence-corrected chi connectivity index (χ2v) is 6.85. The van der Waals surface area contributed by atoms with Gasteiger partial charge in [0.15, 0.2) is 5.65 Å². The number of nitrogens with zero attached hydrogens (tertiary/aromatic N) is 2. The number of aromatic nitrogens is 2. The lowest BCUT2D eigenvalue weighted by molar-refractivity contribution is 0.0227. The molecule has 2 aromatic rings. The number of rotatable bonds is 5. The van der Waals surface area contributed by atoms with Crippen LogP contribution in [0.3, 0.4) is 0 Å². The van der Waals surface area contributed by atoms with Crippen LogP contribution < -0.4 is 5.32 Å². The number of fused-ring (bicyclic) bond motifs is 1. The van der Waals surface area contributed by atoms with Crippen molar-refractivity contribution in [3.63, 3.8) is 0 Å². The molecule has 24 heavy (non-hydrogen) atoms. The van der Waals surface area contributed by atoms with Crippen molar-refractivity contribution in [1.29, 1.82) is 0 Å². The third-order valence-electron chi connectivity index (χ3n) is 4.59. The molecule has 1 N–H and O–H groups in total. The van der Waals surface area contributed by atoms with Crippen molar-refractivity contribution in [1.82, 2.24) is 14.7 Å². The lowest BCUT2D eigenvalue weighted by atomic mass is 9.92. The van der Waals surface area contributed by atoms with Gasteiger partial charge in [0.05, 0.1) is 11.7 Å². The van der Waals surface area contributed by atoms with Crippen molar-refractivity contribution in [2.45, 2.75) is 58.1 Å². The van der Waals surface area contributed by atoms with Crippen molar-refractivity contribution in [3.8, 4) is 0 Å². The van der Waals surface area contributed by atoms with E-state index in [2.05, 4.69) is 17.2 Å². The summed E-state index contributed by atoms with van der Waals surface area (Å²) in [4.78, 5) is 16.9. The number of ether oxygens (including phenoxy) is 1. The average molecular weight is 350 g/mol. The van der Waals surface area contributed by atoms with Gasteiger partial charge in [-0.2, -0.15) is 0 Å². The lowest BCUT2D eigenvalue weighted by Gasteiger charge is -2.29. The van der Waals surface area contributed by atoms with E-state index in [9.17, 15) is 4.79 Å². The number of carbonyl (C=O) groups is 1. The fraction of sp³-hybridized carbons (Fsp3) is 0.556. The molecule has 5 nitrogen and oxygen atoms in total. The highest BCUT2D eigenvalue weighted by atomic mass is 35.5. The van der Waals surface area contributed by atoms with Crippen LogP contribution in [0.25, 0.3) is 5.65 Å². The van der Waals surface area contributed by atoms with E-state index in [4.69, 9.17) is 16.3 Å². The van der Waals surface area contributed by atoms with Gasteiger partial charge in [0.1, 0.15) is 5.15 Å². The summed E-state index contributed by atoms with van der Waals surface area (Å²) >= 11 is 6.04. The minimum absolute atomic E-state index is 0.0791. The Morgan fingerprint density at radius 1 is 1.42 bits per heavy atom. The Morgan fingerprint density at radius 2 is 2.17 bits per heavy atom. The van der Waals surface area contributed by atoms with Crippen molar-refractivity contribution >= 4 is 23.2 Å². The Bertz CT molecular complexity index is 720. The molecule has 2 heterocycles. The van der Waals surface area contributed by atoms with E-state index in [0.29, 0.717) is 22.5 Å². The summed E-state index contributed by atoms with van der Waals surface area (Å²) in [5.74, 6) is -0.0791. The van der Waals surface area contributed by atoms with E-state index in [1.54, 1.807) is 12.1 Å². The molecule has 3 rings (SSSR count). The van der Waals surface area contributed by atoms with Crippen LogP contribution in [0.4, 0.5) is 0 Å². The number of nitrogens with one attached hydrogen (secondary N) is 1. The maximum Gasteiger partial charge on any atom is 0.255 e. The molecule has 0 saturated heterocycles. The Balaban J connectivity index is 1.64. The van der Waals surface area contributed by atoms with Crippen LogP contribution in [0.15, 0.2) is 18.3 Å². The summed E-state index contributed by atoms with van der Waals surface area (Å²) in [7, 11) is 0. The molecule has 1 aliphatic carbocycles. The number of hydrogen-bond donors (Lipinski definition) is 1. The Hall–Kier alpha value is -1.59. The van der Waals surface area contributed by atoms with Crippen molar-refractivity contribution in [2.75, 3.05) is 6.61 Å². The summed E-state index contributed by atoms with van der Waals surface area (Å²) in [6.07, 6.45) is 7.18. The number of halogens is 1. The highest BCUT2D eigenvalue weighted by Gasteiger charge is 2.24. The molecule has 0 atom stereocenters. The predicted octanol–water partition coefficient (Wildman–Crippen LogP) is 3.76. The first-order chi connectivity index (χ1) is 11.6. The standard InChI is InChI=1S/C18H24ClN3O2/c1-3-10-24-14-6-4-13(5-7-14)20-18(23)15-8-9-22-12(2)11-16(19)21-17(15)22/h8-9,11,13-14H,3-7,10H2,1-2H3,(H,20,23). The quantitative estimate of drug-likeness (QED) is 0.836. The fourth-order valence-corrected chi connectivity index (χ4v) is 3.53. The van der Waals surface area contributed by atoms with Gasteiger partial charge in [-0.1, -0.05) is 18.5 Å². The molecular weight excluding hydrogens is 326 g/mol. The molecular formula is C18H24ClN3O2. The molecule has 0 bridgehead atoms. The third kappa shape index (κ3) is 3.73.